The van der Waals surface area contributed by atoms with Gasteiger partial charge in [-0.1, -0.05) is 41.9 Å². The Hall–Kier alpha value is -3.11. The quantitative estimate of drug-likeness (QED) is 0.504. The number of hydrogen-bond donors (Lipinski definition) is 1. The zero-order valence-electron chi connectivity index (χ0n) is 15.7. The first-order valence-electron chi connectivity index (χ1n) is 9.09. The minimum atomic E-state index is -0.0616. The zero-order valence-corrected chi connectivity index (χ0v) is 16.5. The van der Waals surface area contributed by atoms with E-state index < -0.39 is 0 Å². The summed E-state index contributed by atoms with van der Waals surface area (Å²) in [5.41, 5.74) is 6.63. The van der Waals surface area contributed by atoms with E-state index >= 15 is 0 Å². The van der Waals surface area contributed by atoms with E-state index in [1.165, 1.54) is 0 Å². The van der Waals surface area contributed by atoms with E-state index in [0.29, 0.717) is 11.4 Å². The number of aryl methyl sites for hydroxylation is 2. The van der Waals surface area contributed by atoms with Gasteiger partial charge in [-0.15, -0.1) is 0 Å². The summed E-state index contributed by atoms with van der Waals surface area (Å²) in [6, 6.07) is 17.4. The maximum Gasteiger partial charge on any atom is 0.228 e. The third kappa shape index (κ3) is 3.78. The highest BCUT2D eigenvalue weighted by atomic mass is 35.5. The second-order valence-corrected chi connectivity index (χ2v) is 7.37. The molecule has 2 aromatic carbocycles. The first kappa shape index (κ1) is 18.3. The van der Waals surface area contributed by atoms with Gasteiger partial charge >= 0.3 is 0 Å². The highest BCUT2D eigenvalue weighted by Crippen LogP contribution is 2.26. The number of benzene rings is 2. The molecule has 4 nitrogen and oxygen atoms in total. The lowest BCUT2D eigenvalue weighted by Gasteiger charge is -2.10. The number of carbonyl (C=O) groups is 1. The van der Waals surface area contributed by atoms with Crippen LogP contribution in [0.2, 0.25) is 5.02 Å². The molecule has 0 saturated heterocycles. The maximum absolute atomic E-state index is 12.5. The highest BCUT2D eigenvalue weighted by Gasteiger charge is 2.10. The molecule has 1 N–H and O–H groups in total. The zero-order chi connectivity index (χ0) is 19.7. The van der Waals surface area contributed by atoms with Gasteiger partial charge in [-0.3, -0.25) is 4.79 Å². The number of imidazole rings is 1. The second kappa shape index (κ2) is 7.49. The number of pyridine rings is 1. The first-order valence-corrected chi connectivity index (χ1v) is 9.47. The van der Waals surface area contributed by atoms with Gasteiger partial charge in [0.15, 0.2) is 0 Å². The van der Waals surface area contributed by atoms with Crippen molar-refractivity contribution in [1.82, 2.24) is 9.38 Å². The number of fused-ring (bicyclic) bond motifs is 1. The molecule has 0 atom stereocenters. The molecule has 0 aliphatic rings. The van der Waals surface area contributed by atoms with Crippen molar-refractivity contribution in [2.75, 3.05) is 5.32 Å². The predicted octanol–water partition coefficient (Wildman–Crippen LogP) is 5.45. The van der Waals surface area contributed by atoms with Crippen molar-refractivity contribution in [3.05, 3.63) is 88.7 Å². The molecule has 140 valence electrons. The van der Waals surface area contributed by atoms with Gasteiger partial charge < -0.3 is 9.72 Å². The lowest BCUT2D eigenvalue weighted by atomic mass is 10.1. The van der Waals surface area contributed by atoms with Crippen LogP contribution >= 0.6 is 11.6 Å². The number of aromatic nitrogens is 2. The number of nitrogens with zero attached hydrogens (tertiary/aromatic N) is 2. The Morgan fingerprint density at radius 2 is 1.86 bits per heavy atom. The van der Waals surface area contributed by atoms with Crippen LogP contribution in [0.25, 0.3) is 16.9 Å². The number of halogens is 1. The van der Waals surface area contributed by atoms with Crippen LogP contribution in [-0.4, -0.2) is 15.3 Å². The summed E-state index contributed by atoms with van der Waals surface area (Å²) in [6.45, 7) is 4.03. The van der Waals surface area contributed by atoms with Gasteiger partial charge in [-0.2, -0.15) is 0 Å². The van der Waals surface area contributed by atoms with Crippen molar-refractivity contribution in [1.29, 1.82) is 0 Å². The molecule has 4 aromatic rings. The maximum atomic E-state index is 12.5. The van der Waals surface area contributed by atoms with Crippen LogP contribution in [0, 0.1) is 13.8 Å². The third-order valence-corrected chi connectivity index (χ3v) is 5.02. The fourth-order valence-electron chi connectivity index (χ4n) is 3.19. The summed E-state index contributed by atoms with van der Waals surface area (Å²) >= 11 is 5.91. The molecule has 2 aromatic heterocycles. The summed E-state index contributed by atoms with van der Waals surface area (Å²) in [5.74, 6) is -0.0616. The van der Waals surface area contributed by atoms with E-state index in [0.717, 1.165) is 39.3 Å². The predicted molar refractivity (Wildman–Crippen MR) is 114 cm³/mol. The molecule has 0 aliphatic heterocycles. The molecular formula is C23H20ClN3O. The molecule has 0 bridgehead atoms. The second-order valence-electron chi connectivity index (χ2n) is 6.93. The Morgan fingerprint density at radius 3 is 2.61 bits per heavy atom. The van der Waals surface area contributed by atoms with Gasteiger partial charge in [0.25, 0.3) is 0 Å². The molecule has 0 unspecified atom stereocenters. The van der Waals surface area contributed by atoms with Crippen LogP contribution in [0.5, 0.6) is 0 Å². The molecule has 0 saturated carbocycles. The van der Waals surface area contributed by atoms with E-state index in [9.17, 15) is 4.79 Å². The summed E-state index contributed by atoms with van der Waals surface area (Å²) in [6.07, 6.45) is 4.29. The summed E-state index contributed by atoms with van der Waals surface area (Å²) in [4.78, 5) is 17.2. The molecule has 0 aliphatic carbocycles. The molecule has 1 amide bonds. The van der Waals surface area contributed by atoms with Crippen molar-refractivity contribution < 1.29 is 4.79 Å². The molecule has 5 heteroatoms. The van der Waals surface area contributed by atoms with Gasteiger partial charge in [0.05, 0.1) is 12.1 Å². The van der Waals surface area contributed by atoms with Gasteiger partial charge in [0, 0.05) is 28.7 Å². The Bertz CT molecular complexity index is 1160. The monoisotopic (exact) mass is 389 g/mol. The number of hydrogen-bond acceptors (Lipinski definition) is 2. The fraction of sp³-hybridized carbons (Fsp3) is 0.130. The molecule has 0 fully saturated rings. The van der Waals surface area contributed by atoms with Crippen molar-refractivity contribution in [3.8, 4) is 11.3 Å². The Morgan fingerprint density at radius 1 is 1.07 bits per heavy atom. The lowest BCUT2D eigenvalue weighted by Crippen LogP contribution is -2.15. The Balaban J connectivity index is 1.58. The van der Waals surface area contributed by atoms with Crippen molar-refractivity contribution in [2.45, 2.75) is 20.3 Å². The summed E-state index contributed by atoms with van der Waals surface area (Å²) in [5, 5.41) is 3.68. The van der Waals surface area contributed by atoms with Crippen LogP contribution in [0.3, 0.4) is 0 Å². The Kier molecular flexibility index (Phi) is 4.88. The number of carbonyl (C=O) groups excluding carboxylic acids is 1. The Labute approximate surface area is 168 Å². The average Bonchev–Trinajstić information content (AvgIpc) is 3.11. The van der Waals surface area contributed by atoms with Crippen molar-refractivity contribution in [2.24, 2.45) is 0 Å². The van der Waals surface area contributed by atoms with E-state index in [1.54, 1.807) is 12.1 Å². The molecule has 28 heavy (non-hydrogen) atoms. The molecule has 4 rings (SSSR count). The molecular weight excluding hydrogens is 370 g/mol. The fourth-order valence-corrected chi connectivity index (χ4v) is 3.32. The van der Waals surface area contributed by atoms with Gasteiger partial charge in [-0.25, -0.2) is 4.98 Å². The van der Waals surface area contributed by atoms with E-state index in [1.807, 2.05) is 73.1 Å². The number of amides is 1. The van der Waals surface area contributed by atoms with Crippen LogP contribution in [0.15, 0.2) is 67.0 Å². The highest BCUT2D eigenvalue weighted by molar-refractivity contribution is 6.30. The SMILES string of the molecule is Cc1ccc(-c2cn3cccc(C)c3n2)cc1NC(=O)Cc1ccc(Cl)cc1. The van der Waals surface area contributed by atoms with Crippen molar-refractivity contribution in [3.63, 3.8) is 0 Å². The van der Waals surface area contributed by atoms with E-state index in [4.69, 9.17) is 16.6 Å². The topological polar surface area (TPSA) is 46.4 Å². The van der Waals surface area contributed by atoms with Crippen LogP contribution in [0.4, 0.5) is 5.69 Å². The normalized spacial score (nSPS) is 11.0. The van der Waals surface area contributed by atoms with Gasteiger partial charge in [-0.05, 0) is 54.8 Å². The number of nitrogens with one attached hydrogen (secondary N) is 1. The minimum absolute atomic E-state index is 0.0616. The third-order valence-electron chi connectivity index (χ3n) is 4.76. The smallest absolute Gasteiger partial charge is 0.228 e. The van der Waals surface area contributed by atoms with Crippen molar-refractivity contribution >= 4 is 28.8 Å². The minimum Gasteiger partial charge on any atom is -0.326 e. The van der Waals surface area contributed by atoms with E-state index in [2.05, 4.69) is 5.32 Å². The number of anilines is 1. The van der Waals surface area contributed by atoms with Crippen LogP contribution in [-0.2, 0) is 11.2 Å². The molecule has 2 heterocycles. The van der Waals surface area contributed by atoms with Gasteiger partial charge in [0.2, 0.25) is 5.91 Å². The molecule has 0 radical (unpaired) electrons. The molecule has 0 spiro atoms. The van der Waals surface area contributed by atoms with Gasteiger partial charge in [0.1, 0.15) is 5.65 Å². The van der Waals surface area contributed by atoms with E-state index in [-0.39, 0.29) is 5.91 Å². The largest absolute Gasteiger partial charge is 0.326 e. The standard InChI is InChI=1S/C23H20ClN3O/c1-15-5-8-18(21-14-27-11-3-4-16(2)23(27)26-21)13-20(15)25-22(28)12-17-6-9-19(24)10-7-17/h3-11,13-14H,12H2,1-2H3,(H,25,28). The first-order chi connectivity index (χ1) is 13.5. The number of rotatable bonds is 4. The average molecular weight is 390 g/mol. The summed E-state index contributed by atoms with van der Waals surface area (Å²) < 4.78 is 2.02. The summed E-state index contributed by atoms with van der Waals surface area (Å²) in [7, 11) is 0. The lowest BCUT2D eigenvalue weighted by molar-refractivity contribution is -0.115. The van der Waals surface area contributed by atoms with Crippen LogP contribution < -0.4 is 5.32 Å². The van der Waals surface area contributed by atoms with Crippen LogP contribution in [0.1, 0.15) is 16.7 Å².